The topological polar surface area (TPSA) is 123 Å². The average Bonchev–Trinajstić information content (AvgIpc) is 2.70. The highest BCUT2D eigenvalue weighted by Crippen LogP contribution is 2.25. The maximum absolute atomic E-state index is 12.1. The number of carbonyl (C=O) groups is 2. The van der Waals surface area contributed by atoms with Crippen LogP contribution in [0.15, 0.2) is 15.8 Å². The lowest BCUT2D eigenvalue weighted by Gasteiger charge is -2.22. The van der Waals surface area contributed by atoms with Crippen molar-refractivity contribution >= 4 is 11.9 Å². The summed E-state index contributed by atoms with van der Waals surface area (Å²) in [6.07, 6.45) is 1.40. The van der Waals surface area contributed by atoms with Gasteiger partial charge in [-0.3, -0.25) is 19.4 Å². The molecule has 1 aromatic rings. The lowest BCUT2D eigenvalue weighted by Crippen LogP contribution is -2.41. The lowest BCUT2D eigenvalue weighted by atomic mass is 10.0. The van der Waals surface area contributed by atoms with E-state index >= 15 is 0 Å². The van der Waals surface area contributed by atoms with Gasteiger partial charge in [-0.25, -0.2) is 4.79 Å². The van der Waals surface area contributed by atoms with E-state index in [0.29, 0.717) is 6.42 Å². The molecule has 2 atom stereocenters. The number of carbonyl (C=O) groups excluding carboxylic acids is 1. The summed E-state index contributed by atoms with van der Waals surface area (Å²) in [4.78, 5) is 51.0. The van der Waals surface area contributed by atoms with E-state index in [1.54, 1.807) is 6.92 Å². The molecule has 0 aromatic carbocycles. The van der Waals surface area contributed by atoms with Gasteiger partial charge in [0.1, 0.15) is 5.56 Å². The van der Waals surface area contributed by atoms with Crippen molar-refractivity contribution in [1.82, 2.24) is 14.9 Å². The van der Waals surface area contributed by atoms with Gasteiger partial charge in [0, 0.05) is 18.8 Å². The number of rotatable bonds is 2. The third-order valence-corrected chi connectivity index (χ3v) is 3.38. The van der Waals surface area contributed by atoms with Gasteiger partial charge in [0.2, 0.25) is 0 Å². The number of hydrogen-bond acceptors (Lipinski definition) is 4. The van der Waals surface area contributed by atoms with Crippen molar-refractivity contribution in [2.24, 2.45) is 5.92 Å². The molecule has 1 aliphatic rings. The van der Waals surface area contributed by atoms with Gasteiger partial charge >= 0.3 is 11.7 Å². The number of carboxylic acid groups (broad SMARTS) is 1. The summed E-state index contributed by atoms with van der Waals surface area (Å²) in [6.45, 7) is 1.90. The molecule has 0 spiro atoms. The minimum Gasteiger partial charge on any atom is -0.481 e. The predicted molar refractivity (Wildman–Crippen MR) is 63.9 cm³/mol. The minimum atomic E-state index is -0.960. The minimum absolute atomic E-state index is 0.197. The van der Waals surface area contributed by atoms with Crippen LogP contribution in [-0.4, -0.2) is 44.4 Å². The number of likely N-dealkylation sites (tertiary alicyclic amines) is 1. The number of nitrogens with one attached hydrogen (secondary N) is 2. The van der Waals surface area contributed by atoms with Gasteiger partial charge in [-0.1, -0.05) is 0 Å². The Morgan fingerprint density at radius 2 is 2.11 bits per heavy atom. The van der Waals surface area contributed by atoms with Crippen LogP contribution in [0.5, 0.6) is 0 Å². The molecule has 2 rings (SSSR count). The largest absolute Gasteiger partial charge is 0.481 e. The number of carboxylic acids is 1. The SMILES string of the molecule is CC1C(C(=O)O)CCN1C(=O)c1c[nH]c(=O)[nH]c1=O. The monoisotopic (exact) mass is 267 g/mol. The smallest absolute Gasteiger partial charge is 0.325 e. The number of amides is 1. The Labute approximate surface area is 107 Å². The van der Waals surface area contributed by atoms with Gasteiger partial charge in [-0.05, 0) is 13.3 Å². The van der Waals surface area contributed by atoms with Gasteiger partial charge < -0.3 is 15.0 Å². The van der Waals surface area contributed by atoms with Crippen molar-refractivity contribution in [2.45, 2.75) is 19.4 Å². The fraction of sp³-hybridized carbons (Fsp3) is 0.455. The molecule has 0 radical (unpaired) electrons. The Balaban J connectivity index is 2.28. The average molecular weight is 267 g/mol. The third kappa shape index (κ3) is 2.28. The fourth-order valence-corrected chi connectivity index (χ4v) is 2.28. The Hall–Kier alpha value is -2.38. The van der Waals surface area contributed by atoms with Crippen LogP contribution in [0.2, 0.25) is 0 Å². The summed E-state index contributed by atoms with van der Waals surface area (Å²) in [5.41, 5.74) is -1.67. The van der Waals surface area contributed by atoms with Crippen LogP contribution in [0.1, 0.15) is 23.7 Å². The maximum Gasteiger partial charge on any atom is 0.325 e. The number of nitrogens with zero attached hydrogens (tertiary/aromatic N) is 1. The van der Waals surface area contributed by atoms with Crippen molar-refractivity contribution in [3.05, 3.63) is 32.6 Å². The standard InChI is InChI=1S/C11H13N3O5/c1-5-6(10(17)18)2-3-14(5)9(16)7-4-12-11(19)13-8(7)15/h4-6H,2-3H2,1H3,(H,17,18)(H2,12,13,15,19). The summed E-state index contributed by atoms with van der Waals surface area (Å²) in [5.74, 6) is -2.17. The molecule has 19 heavy (non-hydrogen) atoms. The summed E-state index contributed by atoms with van der Waals surface area (Å²) < 4.78 is 0. The van der Waals surface area contributed by atoms with Gasteiger partial charge in [0.05, 0.1) is 5.92 Å². The Morgan fingerprint density at radius 3 is 2.63 bits per heavy atom. The van der Waals surface area contributed by atoms with Crippen molar-refractivity contribution < 1.29 is 14.7 Å². The first-order valence-electron chi connectivity index (χ1n) is 5.77. The molecule has 102 valence electrons. The molecule has 0 aliphatic carbocycles. The predicted octanol–water partition coefficient (Wildman–Crippen LogP) is -1.00. The van der Waals surface area contributed by atoms with Gasteiger partial charge in [0.15, 0.2) is 0 Å². The molecule has 2 unspecified atom stereocenters. The van der Waals surface area contributed by atoms with E-state index in [1.807, 2.05) is 4.98 Å². The summed E-state index contributed by atoms with van der Waals surface area (Å²) in [7, 11) is 0. The zero-order valence-corrected chi connectivity index (χ0v) is 10.2. The Morgan fingerprint density at radius 1 is 1.42 bits per heavy atom. The van der Waals surface area contributed by atoms with Crippen molar-refractivity contribution in [2.75, 3.05) is 6.54 Å². The molecular formula is C11H13N3O5. The Bertz CT molecular complexity index is 632. The highest BCUT2D eigenvalue weighted by molar-refractivity contribution is 5.94. The quantitative estimate of drug-likeness (QED) is 0.634. The van der Waals surface area contributed by atoms with Crippen molar-refractivity contribution in [3.63, 3.8) is 0 Å². The molecule has 8 nitrogen and oxygen atoms in total. The molecular weight excluding hydrogens is 254 g/mol. The van der Waals surface area contributed by atoms with Crippen LogP contribution in [0.3, 0.4) is 0 Å². The van der Waals surface area contributed by atoms with Gasteiger partial charge in [0.25, 0.3) is 11.5 Å². The normalized spacial score (nSPS) is 22.5. The van der Waals surface area contributed by atoms with Crippen LogP contribution in [0.25, 0.3) is 0 Å². The highest BCUT2D eigenvalue weighted by atomic mass is 16.4. The molecule has 8 heteroatoms. The van der Waals surface area contributed by atoms with Crippen molar-refractivity contribution in [3.8, 4) is 0 Å². The van der Waals surface area contributed by atoms with Crippen molar-refractivity contribution in [1.29, 1.82) is 0 Å². The number of aromatic amines is 2. The molecule has 1 fully saturated rings. The summed E-state index contributed by atoms with van der Waals surface area (Å²) in [5, 5.41) is 8.99. The highest BCUT2D eigenvalue weighted by Gasteiger charge is 2.38. The first-order valence-corrected chi connectivity index (χ1v) is 5.77. The van der Waals surface area contributed by atoms with E-state index in [-0.39, 0.29) is 12.1 Å². The van der Waals surface area contributed by atoms with E-state index < -0.39 is 35.1 Å². The molecule has 1 aliphatic heterocycles. The zero-order chi connectivity index (χ0) is 14.2. The molecule has 0 bridgehead atoms. The van der Waals surface area contributed by atoms with Crippen LogP contribution >= 0.6 is 0 Å². The molecule has 1 amide bonds. The maximum atomic E-state index is 12.1. The molecule has 0 saturated carbocycles. The third-order valence-electron chi connectivity index (χ3n) is 3.38. The molecule has 1 saturated heterocycles. The van der Waals surface area contributed by atoms with Crippen LogP contribution in [0, 0.1) is 5.92 Å². The zero-order valence-electron chi connectivity index (χ0n) is 10.2. The second kappa shape index (κ2) is 4.71. The van der Waals surface area contributed by atoms with Crippen LogP contribution < -0.4 is 11.2 Å². The molecule has 1 aromatic heterocycles. The first kappa shape index (κ1) is 13.1. The van der Waals surface area contributed by atoms with Gasteiger partial charge in [-0.2, -0.15) is 0 Å². The number of hydrogen-bond donors (Lipinski definition) is 3. The van der Waals surface area contributed by atoms with E-state index in [4.69, 9.17) is 5.11 Å². The number of aromatic nitrogens is 2. The number of H-pyrrole nitrogens is 2. The Kier molecular flexibility index (Phi) is 3.24. The van der Waals surface area contributed by atoms with E-state index in [1.165, 1.54) is 4.90 Å². The second-order valence-electron chi connectivity index (χ2n) is 4.46. The van der Waals surface area contributed by atoms with Crippen LogP contribution in [-0.2, 0) is 4.79 Å². The summed E-state index contributed by atoms with van der Waals surface area (Å²) >= 11 is 0. The van der Waals surface area contributed by atoms with Gasteiger partial charge in [-0.15, -0.1) is 0 Å². The first-order chi connectivity index (χ1) is 8.91. The lowest BCUT2D eigenvalue weighted by molar-refractivity contribution is -0.142. The molecule has 2 heterocycles. The second-order valence-corrected chi connectivity index (χ2v) is 4.46. The van der Waals surface area contributed by atoms with Crippen LogP contribution in [0.4, 0.5) is 0 Å². The van der Waals surface area contributed by atoms with E-state index in [9.17, 15) is 19.2 Å². The molecule has 3 N–H and O–H groups in total. The van der Waals surface area contributed by atoms with E-state index in [0.717, 1.165) is 6.20 Å². The number of aliphatic carboxylic acids is 1. The van der Waals surface area contributed by atoms with E-state index in [2.05, 4.69) is 4.98 Å². The fourth-order valence-electron chi connectivity index (χ4n) is 2.28. The summed E-state index contributed by atoms with van der Waals surface area (Å²) in [6, 6.07) is -0.490.